The van der Waals surface area contributed by atoms with Crippen LogP contribution in [0.3, 0.4) is 0 Å². The second-order valence-electron chi connectivity index (χ2n) is 6.20. The number of benzene rings is 1. The van der Waals surface area contributed by atoms with Crippen LogP contribution in [-0.2, 0) is 16.0 Å². The lowest BCUT2D eigenvalue weighted by molar-refractivity contribution is -0.154. The Kier molecular flexibility index (Phi) is 3.79. The lowest BCUT2D eigenvalue weighted by Gasteiger charge is -2.42. The molecule has 2 saturated heterocycles. The van der Waals surface area contributed by atoms with E-state index < -0.39 is 0 Å². The predicted molar refractivity (Wildman–Crippen MR) is 78.4 cm³/mol. The molecule has 0 saturated carbocycles. The van der Waals surface area contributed by atoms with Crippen LogP contribution in [0.2, 0.25) is 0 Å². The molecule has 20 heavy (non-hydrogen) atoms. The number of rotatable bonds is 3. The minimum absolute atomic E-state index is 0.0846. The molecule has 0 aromatic heterocycles. The monoisotopic (exact) mass is 273 g/mol. The minimum atomic E-state index is -0.142. The highest BCUT2D eigenvalue weighted by Gasteiger charge is 2.46. The zero-order chi connectivity index (χ0) is 14.1. The second-order valence-corrected chi connectivity index (χ2v) is 6.20. The largest absolute Gasteiger partial charge is 0.462 e. The Bertz CT molecular complexity index is 473. The molecule has 0 unspecified atom stereocenters. The molecular weight excluding hydrogens is 250 g/mol. The van der Waals surface area contributed by atoms with Gasteiger partial charge in [-0.15, -0.1) is 0 Å². The van der Waals surface area contributed by atoms with E-state index in [1.54, 1.807) is 0 Å². The van der Waals surface area contributed by atoms with Gasteiger partial charge in [-0.25, -0.2) is 0 Å². The molecule has 0 spiro atoms. The summed E-state index contributed by atoms with van der Waals surface area (Å²) in [6.07, 6.45) is 4.55. The van der Waals surface area contributed by atoms with Crippen molar-refractivity contribution in [3.05, 3.63) is 35.9 Å². The first-order valence-electron chi connectivity index (χ1n) is 7.58. The van der Waals surface area contributed by atoms with E-state index in [0.29, 0.717) is 18.0 Å². The van der Waals surface area contributed by atoms with Crippen molar-refractivity contribution < 1.29 is 9.53 Å². The SMILES string of the molecule is CC(=O)O[C@@H]1C[C@@H]2CC[C@H]([C@H]1Cc1ccccc1)N2C. The maximum absolute atomic E-state index is 11.4. The van der Waals surface area contributed by atoms with Gasteiger partial charge in [0, 0.05) is 31.3 Å². The number of carbonyl (C=O) groups excluding carboxylic acids is 1. The first kappa shape index (κ1) is 13.6. The van der Waals surface area contributed by atoms with Crippen molar-refractivity contribution in [1.82, 2.24) is 4.90 Å². The van der Waals surface area contributed by atoms with E-state index in [2.05, 4.69) is 36.2 Å². The van der Waals surface area contributed by atoms with E-state index in [9.17, 15) is 4.79 Å². The molecule has 3 nitrogen and oxygen atoms in total. The summed E-state index contributed by atoms with van der Waals surface area (Å²) < 4.78 is 5.64. The molecule has 0 radical (unpaired) electrons. The van der Waals surface area contributed by atoms with E-state index >= 15 is 0 Å². The maximum Gasteiger partial charge on any atom is 0.302 e. The molecule has 2 bridgehead atoms. The number of fused-ring (bicyclic) bond motifs is 2. The molecule has 3 rings (SSSR count). The van der Waals surface area contributed by atoms with Crippen LogP contribution < -0.4 is 0 Å². The fraction of sp³-hybridized carbons (Fsp3) is 0.588. The Morgan fingerprint density at radius 3 is 2.75 bits per heavy atom. The maximum atomic E-state index is 11.4. The lowest BCUT2D eigenvalue weighted by atomic mass is 9.83. The molecule has 2 fully saturated rings. The molecule has 3 heteroatoms. The molecule has 1 aromatic rings. The molecule has 0 amide bonds. The van der Waals surface area contributed by atoms with Gasteiger partial charge in [-0.3, -0.25) is 9.69 Å². The summed E-state index contributed by atoms with van der Waals surface area (Å²) in [6, 6.07) is 11.7. The van der Waals surface area contributed by atoms with Crippen molar-refractivity contribution in [2.75, 3.05) is 7.05 Å². The van der Waals surface area contributed by atoms with Crippen molar-refractivity contribution in [1.29, 1.82) is 0 Å². The standard InChI is InChI=1S/C17H23NO2/c1-12(19)20-17-11-14-8-9-16(18(14)2)15(17)10-13-6-4-3-5-7-13/h3-7,14-17H,8-11H2,1-2H3/t14-,15+,16+,17+/m0/s1. The number of nitrogens with zero attached hydrogens (tertiary/aromatic N) is 1. The third kappa shape index (κ3) is 2.59. The predicted octanol–water partition coefficient (Wildman–Crippen LogP) is 2.64. The normalized spacial score (nSPS) is 33.1. The summed E-state index contributed by atoms with van der Waals surface area (Å²) in [5.74, 6) is 0.280. The number of hydrogen-bond donors (Lipinski definition) is 0. The average Bonchev–Trinajstić information content (AvgIpc) is 2.67. The Labute approximate surface area is 120 Å². The first-order chi connectivity index (χ1) is 9.65. The minimum Gasteiger partial charge on any atom is -0.462 e. The quantitative estimate of drug-likeness (QED) is 0.793. The third-order valence-electron chi connectivity index (χ3n) is 5.00. The van der Waals surface area contributed by atoms with Crippen LogP contribution in [0.1, 0.15) is 31.7 Å². The second kappa shape index (κ2) is 5.57. The van der Waals surface area contributed by atoms with E-state index in [1.165, 1.54) is 25.3 Å². The van der Waals surface area contributed by atoms with Gasteiger partial charge in [-0.05, 0) is 31.9 Å². The van der Waals surface area contributed by atoms with E-state index in [4.69, 9.17) is 4.74 Å². The summed E-state index contributed by atoms with van der Waals surface area (Å²) in [5, 5.41) is 0. The Balaban J connectivity index is 1.80. The summed E-state index contributed by atoms with van der Waals surface area (Å²) in [6.45, 7) is 1.53. The van der Waals surface area contributed by atoms with Gasteiger partial charge in [-0.1, -0.05) is 30.3 Å². The number of piperidine rings is 1. The lowest BCUT2D eigenvalue weighted by Crippen LogP contribution is -2.51. The zero-order valence-electron chi connectivity index (χ0n) is 12.3. The smallest absolute Gasteiger partial charge is 0.302 e. The highest BCUT2D eigenvalue weighted by molar-refractivity contribution is 5.66. The number of hydrogen-bond acceptors (Lipinski definition) is 3. The van der Waals surface area contributed by atoms with E-state index in [0.717, 1.165) is 12.8 Å². The van der Waals surface area contributed by atoms with Crippen molar-refractivity contribution in [2.45, 2.75) is 50.8 Å². The molecule has 108 valence electrons. The molecule has 2 aliphatic heterocycles. The van der Waals surface area contributed by atoms with Gasteiger partial charge < -0.3 is 4.74 Å². The molecule has 0 N–H and O–H groups in total. The van der Waals surface area contributed by atoms with E-state index in [-0.39, 0.29) is 12.1 Å². The van der Waals surface area contributed by atoms with E-state index in [1.807, 2.05) is 6.07 Å². The molecule has 2 heterocycles. The van der Waals surface area contributed by atoms with Crippen LogP contribution in [0.15, 0.2) is 30.3 Å². The Morgan fingerprint density at radius 2 is 2.05 bits per heavy atom. The van der Waals surface area contributed by atoms with Crippen LogP contribution in [-0.4, -0.2) is 36.1 Å². The molecule has 1 aromatic carbocycles. The first-order valence-corrected chi connectivity index (χ1v) is 7.58. The molecular formula is C17H23NO2. The van der Waals surface area contributed by atoms with Gasteiger partial charge in [0.1, 0.15) is 6.10 Å². The van der Waals surface area contributed by atoms with Crippen LogP contribution in [0.5, 0.6) is 0 Å². The number of esters is 1. The third-order valence-corrected chi connectivity index (χ3v) is 5.00. The Hall–Kier alpha value is -1.35. The average molecular weight is 273 g/mol. The fourth-order valence-electron chi connectivity index (χ4n) is 4.03. The van der Waals surface area contributed by atoms with Crippen LogP contribution in [0, 0.1) is 5.92 Å². The number of carbonyl (C=O) groups is 1. The van der Waals surface area contributed by atoms with Crippen LogP contribution >= 0.6 is 0 Å². The zero-order valence-corrected chi connectivity index (χ0v) is 12.3. The van der Waals surface area contributed by atoms with Gasteiger partial charge in [0.2, 0.25) is 0 Å². The summed E-state index contributed by atoms with van der Waals surface area (Å²) in [4.78, 5) is 13.9. The van der Waals surface area contributed by atoms with Crippen molar-refractivity contribution in [3.63, 3.8) is 0 Å². The van der Waals surface area contributed by atoms with Crippen LogP contribution in [0.4, 0.5) is 0 Å². The Morgan fingerprint density at radius 1 is 1.30 bits per heavy atom. The highest BCUT2D eigenvalue weighted by Crippen LogP contribution is 2.40. The number of ether oxygens (including phenoxy) is 1. The summed E-state index contributed by atoms with van der Waals surface area (Å²) >= 11 is 0. The van der Waals surface area contributed by atoms with Crippen molar-refractivity contribution in [2.24, 2.45) is 5.92 Å². The topological polar surface area (TPSA) is 29.5 Å². The molecule has 4 atom stereocenters. The van der Waals surface area contributed by atoms with Crippen molar-refractivity contribution >= 4 is 5.97 Å². The van der Waals surface area contributed by atoms with Crippen molar-refractivity contribution in [3.8, 4) is 0 Å². The summed E-state index contributed by atoms with van der Waals surface area (Å²) in [5.41, 5.74) is 1.34. The molecule has 2 aliphatic rings. The van der Waals surface area contributed by atoms with Gasteiger partial charge in [0.15, 0.2) is 0 Å². The van der Waals surface area contributed by atoms with Crippen LogP contribution in [0.25, 0.3) is 0 Å². The van der Waals surface area contributed by atoms with Gasteiger partial charge in [0.25, 0.3) is 0 Å². The summed E-state index contributed by atoms with van der Waals surface area (Å²) in [7, 11) is 2.23. The fourth-order valence-corrected chi connectivity index (χ4v) is 4.03. The highest BCUT2D eigenvalue weighted by atomic mass is 16.5. The van der Waals surface area contributed by atoms with Gasteiger partial charge in [-0.2, -0.15) is 0 Å². The van der Waals surface area contributed by atoms with Gasteiger partial charge in [0.05, 0.1) is 0 Å². The van der Waals surface area contributed by atoms with Gasteiger partial charge >= 0.3 is 5.97 Å². The molecule has 0 aliphatic carbocycles.